The highest BCUT2D eigenvalue weighted by molar-refractivity contribution is 7.92. The number of hydrogen-bond acceptors (Lipinski definition) is 4. The summed E-state index contributed by atoms with van der Waals surface area (Å²) in [5.41, 5.74) is 0.667. The fourth-order valence-electron chi connectivity index (χ4n) is 2.09. The topological polar surface area (TPSA) is 84.5 Å². The van der Waals surface area contributed by atoms with Crippen LogP contribution >= 0.6 is 11.6 Å². The van der Waals surface area contributed by atoms with Gasteiger partial charge in [-0.3, -0.25) is 9.52 Å². The molecule has 8 heteroatoms. The molecule has 27 heavy (non-hydrogen) atoms. The maximum absolute atomic E-state index is 12.7. The molecule has 0 aromatic heterocycles. The van der Waals surface area contributed by atoms with Crippen molar-refractivity contribution >= 4 is 38.9 Å². The van der Waals surface area contributed by atoms with E-state index in [9.17, 15) is 13.2 Å². The first-order chi connectivity index (χ1) is 12.9. The zero-order chi connectivity index (χ0) is 19.9. The minimum atomic E-state index is -3.95. The monoisotopic (exact) mass is 406 g/mol. The van der Waals surface area contributed by atoms with Gasteiger partial charge in [0.1, 0.15) is 10.6 Å². The van der Waals surface area contributed by atoms with Crippen molar-refractivity contribution in [2.45, 2.75) is 11.8 Å². The first kappa shape index (κ1) is 20.5. The Kier molecular flexibility index (Phi) is 7.04. The fourth-order valence-corrected chi connectivity index (χ4v) is 3.68. The van der Waals surface area contributed by atoms with Crippen molar-refractivity contribution in [3.05, 3.63) is 71.8 Å². The molecule has 0 spiro atoms. The Morgan fingerprint density at radius 3 is 2.37 bits per heavy atom. The van der Waals surface area contributed by atoms with Gasteiger partial charge in [0.2, 0.25) is 5.91 Å². The molecule has 0 aliphatic carbocycles. The van der Waals surface area contributed by atoms with Crippen LogP contribution in [0.15, 0.2) is 71.7 Å². The number of hydrogen-bond donors (Lipinski definition) is 2. The number of amides is 1. The summed E-state index contributed by atoms with van der Waals surface area (Å²) in [5.74, 6) is 0.216. The summed E-state index contributed by atoms with van der Waals surface area (Å²) in [5, 5.41) is 2.63. The second-order valence-electron chi connectivity index (χ2n) is 5.35. The average Bonchev–Trinajstić information content (AvgIpc) is 2.64. The summed E-state index contributed by atoms with van der Waals surface area (Å²) in [6.45, 7) is 1.83. The van der Waals surface area contributed by atoms with Gasteiger partial charge >= 0.3 is 0 Å². The van der Waals surface area contributed by atoms with Gasteiger partial charge in [0.25, 0.3) is 10.0 Å². The first-order valence-electron chi connectivity index (χ1n) is 7.92. The Bertz CT molecular complexity index is 968. The van der Waals surface area contributed by atoms with Gasteiger partial charge in [0, 0.05) is 17.5 Å². The van der Waals surface area contributed by atoms with Crippen molar-refractivity contribution < 1.29 is 17.9 Å². The molecule has 2 aromatic rings. The molecule has 0 aliphatic rings. The average molecular weight is 407 g/mol. The number of carbonyl (C=O) groups excluding carboxylic acids is 1. The molecule has 0 fully saturated rings. The second-order valence-corrected chi connectivity index (χ2v) is 7.41. The van der Waals surface area contributed by atoms with Crippen LogP contribution < -0.4 is 14.8 Å². The van der Waals surface area contributed by atoms with E-state index in [4.69, 9.17) is 16.3 Å². The van der Waals surface area contributed by atoms with Crippen molar-refractivity contribution in [1.29, 1.82) is 0 Å². The summed E-state index contributed by atoms with van der Waals surface area (Å²) >= 11 is 6.06. The number of carbonyl (C=O) groups is 1. The molecule has 2 N–H and O–H groups in total. The molecule has 0 saturated carbocycles. The minimum Gasteiger partial charge on any atom is -0.497 e. The van der Waals surface area contributed by atoms with Crippen LogP contribution in [0.3, 0.4) is 0 Å². The van der Waals surface area contributed by atoms with Gasteiger partial charge in [-0.15, -0.1) is 0 Å². The molecule has 0 unspecified atom stereocenters. The minimum absolute atomic E-state index is 0.0402. The van der Waals surface area contributed by atoms with Gasteiger partial charge in [-0.1, -0.05) is 29.8 Å². The predicted molar refractivity (Wildman–Crippen MR) is 108 cm³/mol. The zero-order valence-electron chi connectivity index (χ0n) is 14.8. The molecule has 6 nitrogen and oxygen atoms in total. The van der Waals surface area contributed by atoms with Crippen LogP contribution in [0.5, 0.6) is 5.75 Å². The summed E-state index contributed by atoms with van der Waals surface area (Å²) in [6, 6.07) is 10.6. The van der Waals surface area contributed by atoms with E-state index in [1.54, 1.807) is 42.5 Å². The Morgan fingerprint density at radius 1 is 1.07 bits per heavy atom. The third-order valence-electron chi connectivity index (χ3n) is 3.38. The number of sulfonamides is 1. The van der Waals surface area contributed by atoms with E-state index in [0.717, 1.165) is 0 Å². The van der Waals surface area contributed by atoms with Crippen molar-refractivity contribution in [3.63, 3.8) is 0 Å². The standard InChI is InChI=1S/C19H19ClN2O4S/c1-3-4-5-6-19(23)21-15-9-12-17(20)18(13-15)27(24,25)22-14-7-10-16(26-2)11-8-14/h3-13,22H,1-2H3,(H,21,23)/b4-3+,6-5+. The summed E-state index contributed by atoms with van der Waals surface area (Å²) in [7, 11) is -2.43. The molecule has 0 radical (unpaired) electrons. The molecule has 0 saturated heterocycles. The molecule has 0 aliphatic heterocycles. The number of anilines is 2. The number of rotatable bonds is 7. The summed E-state index contributed by atoms with van der Waals surface area (Å²) < 4.78 is 32.8. The van der Waals surface area contributed by atoms with Crippen molar-refractivity contribution in [1.82, 2.24) is 0 Å². The van der Waals surface area contributed by atoms with E-state index >= 15 is 0 Å². The third-order valence-corrected chi connectivity index (χ3v) is 5.24. The zero-order valence-corrected chi connectivity index (χ0v) is 16.3. The molecule has 0 bridgehead atoms. The van der Waals surface area contributed by atoms with Crippen LogP contribution in [-0.4, -0.2) is 21.4 Å². The van der Waals surface area contributed by atoms with Gasteiger partial charge in [-0.05, 0) is 49.4 Å². The van der Waals surface area contributed by atoms with Crippen molar-refractivity contribution in [2.75, 3.05) is 17.1 Å². The van der Waals surface area contributed by atoms with Crippen LogP contribution in [0.2, 0.25) is 5.02 Å². The molecule has 2 rings (SSSR count). The predicted octanol–water partition coefficient (Wildman–Crippen LogP) is 4.22. The smallest absolute Gasteiger partial charge is 0.263 e. The van der Waals surface area contributed by atoms with Crippen LogP contribution in [0.25, 0.3) is 0 Å². The highest BCUT2D eigenvalue weighted by Crippen LogP contribution is 2.27. The number of ether oxygens (including phenoxy) is 1. The molecule has 2 aromatic carbocycles. The lowest BCUT2D eigenvalue weighted by Gasteiger charge is -2.12. The van der Waals surface area contributed by atoms with Gasteiger partial charge in [-0.25, -0.2) is 8.42 Å². The Labute approximate surface area is 163 Å². The fraction of sp³-hybridized carbons (Fsp3) is 0.105. The molecular weight excluding hydrogens is 388 g/mol. The molecule has 0 atom stereocenters. The normalized spacial score (nSPS) is 11.7. The summed E-state index contributed by atoms with van der Waals surface area (Å²) in [6.07, 6.45) is 6.39. The number of halogens is 1. The van der Waals surface area contributed by atoms with E-state index in [2.05, 4.69) is 10.0 Å². The molecule has 1 amide bonds. The number of benzene rings is 2. The van der Waals surface area contributed by atoms with Gasteiger partial charge < -0.3 is 10.1 Å². The number of allylic oxidation sites excluding steroid dienone is 3. The first-order valence-corrected chi connectivity index (χ1v) is 9.78. The quantitative estimate of drug-likeness (QED) is 0.532. The van der Waals surface area contributed by atoms with E-state index < -0.39 is 10.0 Å². The lowest BCUT2D eigenvalue weighted by Crippen LogP contribution is -2.14. The van der Waals surface area contributed by atoms with Gasteiger partial charge in [-0.2, -0.15) is 0 Å². The van der Waals surface area contributed by atoms with Crippen LogP contribution in [0, 0.1) is 0 Å². The van der Waals surface area contributed by atoms with E-state index in [1.165, 1.54) is 31.4 Å². The van der Waals surface area contributed by atoms with Crippen molar-refractivity contribution in [2.24, 2.45) is 0 Å². The SMILES string of the molecule is C/C=C/C=C/C(=O)Nc1ccc(Cl)c(S(=O)(=O)Nc2ccc(OC)cc2)c1. The highest BCUT2D eigenvalue weighted by atomic mass is 35.5. The largest absolute Gasteiger partial charge is 0.497 e. The molecular formula is C19H19ClN2O4S. The van der Waals surface area contributed by atoms with Crippen molar-refractivity contribution in [3.8, 4) is 5.75 Å². The molecule has 0 heterocycles. The lowest BCUT2D eigenvalue weighted by molar-refractivity contribution is -0.111. The van der Waals surface area contributed by atoms with E-state index in [-0.39, 0.29) is 15.8 Å². The van der Waals surface area contributed by atoms with E-state index in [1.807, 2.05) is 6.92 Å². The van der Waals surface area contributed by atoms with Crippen LogP contribution in [-0.2, 0) is 14.8 Å². The Morgan fingerprint density at radius 2 is 1.74 bits per heavy atom. The highest BCUT2D eigenvalue weighted by Gasteiger charge is 2.19. The van der Waals surface area contributed by atoms with Crippen LogP contribution in [0.4, 0.5) is 11.4 Å². The number of nitrogens with one attached hydrogen (secondary N) is 2. The summed E-state index contributed by atoms with van der Waals surface area (Å²) in [4.78, 5) is 11.7. The second kappa shape index (κ2) is 9.25. The van der Waals surface area contributed by atoms with E-state index in [0.29, 0.717) is 17.1 Å². The Hall–Kier alpha value is -2.77. The lowest BCUT2D eigenvalue weighted by atomic mass is 10.3. The number of methoxy groups -OCH3 is 1. The van der Waals surface area contributed by atoms with Gasteiger partial charge in [0.05, 0.1) is 12.1 Å². The van der Waals surface area contributed by atoms with Crippen LogP contribution in [0.1, 0.15) is 6.92 Å². The third kappa shape index (κ3) is 5.87. The Balaban J connectivity index is 2.23. The maximum Gasteiger partial charge on any atom is 0.263 e. The molecule has 142 valence electrons. The maximum atomic E-state index is 12.7. The van der Waals surface area contributed by atoms with Gasteiger partial charge in [0.15, 0.2) is 0 Å².